The first-order valence-corrected chi connectivity index (χ1v) is 11.7. The van der Waals surface area contributed by atoms with E-state index < -0.39 is 64.0 Å². The van der Waals surface area contributed by atoms with Crippen molar-refractivity contribution in [3.8, 4) is 5.75 Å². The van der Waals surface area contributed by atoms with Gasteiger partial charge in [0.1, 0.15) is 22.8 Å². The third kappa shape index (κ3) is 3.61. The quantitative estimate of drug-likeness (QED) is 0.390. The SMILES string of the molecule is CC(=O)C1=C(O)[C@@H](N(C)C)[C@@H]2C[C@@H]3Cc4c(CCC(C)O)ccc(O)c4C(=O)C3=C(O)[C@]2(O)C1=O. The van der Waals surface area contributed by atoms with Crippen molar-refractivity contribution < 1.29 is 39.9 Å². The molecule has 1 aromatic rings. The number of hydrogen-bond acceptors (Lipinski definition) is 9. The lowest BCUT2D eigenvalue weighted by atomic mass is 9.58. The summed E-state index contributed by atoms with van der Waals surface area (Å²) in [5.41, 5.74) is -1.92. The largest absolute Gasteiger partial charge is 0.510 e. The summed E-state index contributed by atoms with van der Waals surface area (Å²) in [5, 5.41) is 54.0. The van der Waals surface area contributed by atoms with Crippen LogP contribution in [0.5, 0.6) is 5.75 Å². The molecule has 3 aliphatic carbocycles. The lowest BCUT2D eigenvalue weighted by molar-refractivity contribution is -0.148. The molecule has 188 valence electrons. The number of rotatable bonds is 5. The first-order valence-electron chi connectivity index (χ1n) is 11.7. The van der Waals surface area contributed by atoms with E-state index in [2.05, 4.69) is 0 Å². The van der Waals surface area contributed by atoms with Crippen LogP contribution in [-0.4, -0.2) is 79.6 Å². The number of aliphatic hydroxyl groups excluding tert-OH is 3. The molecule has 0 saturated heterocycles. The zero-order valence-electron chi connectivity index (χ0n) is 20.2. The van der Waals surface area contributed by atoms with E-state index in [-0.39, 0.29) is 29.7 Å². The van der Waals surface area contributed by atoms with Gasteiger partial charge in [-0.25, -0.2) is 0 Å². The van der Waals surface area contributed by atoms with E-state index in [0.29, 0.717) is 18.4 Å². The van der Waals surface area contributed by atoms with Crippen LogP contribution in [0, 0.1) is 11.8 Å². The predicted octanol–water partition coefficient (Wildman–Crippen LogP) is 1.54. The summed E-state index contributed by atoms with van der Waals surface area (Å²) < 4.78 is 0. The summed E-state index contributed by atoms with van der Waals surface area (Å²) >= 11 is 0. The zero-order valence-corrected chi connectivity index (χ0v) is 20.2. The fraction of sp³-hybridized carbons (Fsp3) is 0.500. The molecule has 0 fully saturated rings. The summed E-state index contributed by atoms with van der Waals surface area (Å²) in [5.74, 6) is -5.75. The number of Topliss-reactive ketones (excluding diaryl/α,β-unsaturated/α-hetero) is 3. The van der Waals surface area contributed by atoms with Gasteiger partial charge in [-0.3, -0.25) is 19.3 Å². The molecule has 0 radical (unpaired) electrons. The molecule has 9 heteroatoms. The van der Waals surface area contributed by atoms with Gasteiger partial charge in [0.05, 0.1) is 17.7 Å². The van der Waals surface area contributed by atoms with Crippen LogP contribution in [0.2, 0.25) is 0 Å². The van der Waals surface area contributed by atoms with Gasteiger partial charge in [-0.05, 0) is 76.7 Å². The molecular formula is C26H31NO8. The number of carbonyl (C=O) groups excluding carboxylic acids is 3. The molecule has 0 saturated carbocycles. The van der Waals surface area contributed by atoms with E-state index in [0.717, 1.165) is 12.5 Å². The number of fused-ring (bicyclic) bond motifs is 3. The van der Waals surface area contributed by atoms with Crippen LogP contribution in [-0.2, 0) is 22.4 Å². The minimum Gasteiger partial charge on any atom is -0.510 e. The Bertz CT molecular complexity index is 1190. The molecule has 3 aliphatic rings. The van der Waals surface area contributed by atoms with E-state index in [4.69, 9.17) is 0 Å². The molecule has 5 atom stereocenters. The average molecular weight is 486 g/mol. The van der Waals surface area contributed by atoms with Gasteiger partial charge in [-0.2, -0.15) is 0 Å². The lowest BCUT2D eigenvalue weighted by Gasteiger charge is -2.50. The monoisotopic (exact) mass is 485 g/mol. The van der Waals surface area contributed by atoms with Crippen LogP contribution < -0.4 is 0 Å². The minimum absolute atomic E-state index is 0.00513. The number of aryl methyl sites for hydroxylation is 1. The normalized spacial score (nSPS) is 29.2. The van der Waals surface area contributed by atoms with E-state index in [1.807, 2.05) is 0 Å². The predicted molar refractivity (Wildman–Crippen MR) is 125 cm³/mol. The Balaban J connectivity index is 1.91. The maximum atomic E-state index is 13.6. The molecule has 5 N–H and O–H groups in total. The summed E-state index contributed by atoms with van der Waals surface area (Å²) in [7, 11) is 3.25. The topological polar surface area (TPSA) is 156 Å². The highest BCUT2D eigenvalue weighted by Gasteiger charge is 2.63. The van der Waals surface area contributed by atoms with Crippen molar-refractivity contribution in [2.75, 3.05) is 14.1 Å². The molecule has 0 bridgehead atoms. The van der Waals surface area contributed by atoms with Crippen LogP contribution in [0.25, 0.3) is 0 Å². The number of aliphatic hydroxyl groups is 4. The molecule has 4 rings (SSSR count). The van der Waals surface area contributed by atoms with Gasteiger partial charge < -0.3 is 25.5 Å². The standard InChI is InChI=1S/C26H31NO8/c1-11(28)5-6-13-7-8-17(30)20-15(13)9-14-10-16-21(27(3)4)23(32)18(12(2)29)24(33)26(16,35)25(34)19(14)22(20)31/h7-8,11,14,16,21,28,30,32,34-35H,5-6,9-10H2,1-4H3/t11?,14-,16-,21-,26+/m0/s1. The number of phenolic OH excluding ortho intramolecular Hbond substituents is 1. The van der Waals surface area contributed by atoms with Crippen LogP contribution in [0.1, 0.15) is 48.2 Å². The number of hydrogen-bond donors (Lipinski definition) is 5. The van der Waals surface area contributed by atoms with Crippen molar-refractivity contribution in [3.63, 3.8) is 0 Å². The molecule has 9 nitrogen and oxygen atoms in total. The number of carbonyl (C=O) groups is 3. The fourth-order valence-corrected chi connectivity index (χ4v) is 6.02. The number of likely N-dealkylation sites (N-methyl/N-ethyl adjacent to an activating group) is 1. The van der Waals surface area contributed by atoms with Gasteiger partial charge >= 0.3 is 0 Å². The van der Waals surface area contributed by atoms with E-state index in [1.165, 1.54) is 6.07 Å². The highest BCUT2D eigenvalue weighted by Crippen LogP contribution is 2.52. The van der Waals surface area contributed by atoms with Crippen molar-refractivity contribution in [3.05, 3.63) is 51.5 Å². The molecule has 1 aromatic carbocycles. The summed E-state index contributed by atoms with van der Waals surface area (Å²) in [6.07, 6.45) is 0.715. The van der Waals surface area contributed by atoms with Crippen molar-refractivity contribution >= 4 is 17.3 Å². The molecule has 35 heavy (non-hydrogen) atoms. The second-order valence-corrected chi connectivity index (χ2v) is 10.1. The van der Waals surface area contributed by atoms with Gasteiger partial charge in [0.15, 0.2) is 17.2 Å². The molecule has 0 aromatic heterocycles. The smallest absolute Gasteiger partial charge is 0.209 e. The maximum absolute atomic E-state index is 13.6. The van der Waals surface area contributed by atoms with Crippen LogP contribution in [0.4, 0.5) is 0 Å². The van der Waals surface area contributed by atoms with E-state index in [9.17, 15) is 39.9 Å². The Hall–Kier alpha value is -3.01. The molecule has 0 aliphatic heterocycles. The molecular weight excluding hydrogens is 454 g/mol. The first-order chi connectivity index (χ1) is 16.3. The number of aromatic hydroxyl groups is 1. The summed E-state index contributed by atoms with van der Waals surface area (Å²) in [6, 6.07) is 2.14. The van der Waals surface area contributed by atoms with Crippen LogP contribution in [0.15, 0.2) is 34.8 Å². The third-order valence-electron chi connectivity index (χ3n) is 7.64. The first kappa shape index (κ1) is 25.1. The number of ketones is 3. The number of nitrogens with zero attached hydrogens (tertiary/aromatic N) is 1. The van der Waals surface area contributed by atoms with Crippen molar-refractivity contribution in [1.29, 1.82) is 0 Å². The van der Waals surface area contributed by atoms with Crippen molar-refractivity contribution in [2.24, 2.45) is 11.8 Å². The van der Waals surface area contributed by atoms with Gasteiger partial charge in [0.2, 0.25) is 5.78 Å². The van der Waals surface area contributed by atoms with E-state index in [1.54, 1.807) is 32.0 Å². The highest BCUT2D eigenvalue weighted by atomic mass is 16.3. The molecule has 0 spiro atoms. The number of benzene rings is 1. The zero-order chi connectivity index (χ0) is 26.0. The Morgan fingerprint density at radius 1 is 1.20 bits per heavy atom. The average Bonchev–Trinajstić information content (AvgIpc) is 2.75. The Morgan fingerprint density at radius 2 is 1.86 bits per heavy atom. The highest BCUT2D eigenvalue weighted by molar-refractivity contribution is 6.25. The number of phenols is 1. The summed E-state index contributed by atoms with van der Waals surface area (Å²) in [6.45, 7) is 2.75. The Morgan fingerprint density at radius 3 is 2.43 bits per heavy atom. The number of allylic oxidation sites excluding steroid dienone is 1. The Kier molecular flexibility index (Phi) is 6.15. The van der Waals surface area contributed by atoms with Gasteiger partial charge in [0.25, 0.3) is 0 Å². The van der Waals surface area contributed by atoms with Gasteiger partial charge in [-0.1, -0.05) is 6.07 Å². The molecule has 0 amide bonds. The van der Waals surface area contributed by atoms with Gasteiger partial charge in [-0.15, -0.1) is 0 Å². The second kappa shape index (κ2) is 8.58. The molecule has 0 heterocycles. The maximum Gasteiger partial charge on any atom is 0.209 e. The van der Waals surface area contributed by atoms with Gasteiger partial charge in [0, 0.05) is 11.5 Å². The fourth-order valence-electron chi connectivity index (χ4n) is 6.02. The second-order valence-electron chi connectivity index (χ2n) is 10.1. The van der Waals surface area contributed by atoms with E-state index >= 15 is 0 Å². The van der Waals surface area contributed by atoms with Crippen LogP contribution >= 0.6 is 0 Å². The Labute approximate surface area is 203 Å². The van der Waals surface area contributed by atoms with Crippen LogP contribution in [0.3, 0.4) is 0 Å². The third-order valence-corrected chi connectivity index (χ3v) is 7.64. The van der Waals surface area contributed by atoms with Crippen molar-refractivity contribution in [1.82, 2.24) is 4.90 Å². The molecule has 1 unspecified atom stereocenters. The minimum atomic E-state index is -2.57. The van der Waals surface area contributed by atoms with Crippen molar-refractivity contribution in [2.45, 2.75) is 57.3 Å². The summed E-state index contributed by atoms with van der Waals surface area (Å²) in [4.78, 5) is 40.7. The lowest BCUT2D eigenvalue weighted by Crippen LogP contribution is -2.63.